The molecule has 0 spiro atoms. The number of aromatic nitrogens is 1. The highest BCUT2D eigenvalue weighted by Crippen LogP contribution is 2.25. The molecule has 158 valence electrons. The number of aliphatic hydroxyl groups is 2. The van der Waals surface area contributed by atoms with Crippen molar-refractivity contribution in [2.45, 2.75) is 6.54 Å². The molecule has 0 bridgehead atoms. The molecule has 2 N–H and O–H groups in total. The van der Waals surface area contributed by atoms with Gasteiger partial charge in [0.25, 0.3) is 0 Å². The van der Waals surface area contributed by atoms with Crippen LogP contribution in [0.5, 0.6) is 0 Å². The Morgan fingerprint density at radius 2 is 1.58 bits per heavy atom. The topological polar surface area (TPSA) is 77.8 Å². The number of hydrogen-bond donors (Lipinski definition) is 2. The molecule has 0 fully saturated rings. The number of fused-ring (bicyclic) bond motifs is 1. The van der Waals surface area contributed by atoms with E-state index in [2.05, 4.69) is 16.7 Å². The van der Waals surface area contributed by atoms with Gasteiger partial charge in [0, 0.05) is 53.5 Å². The Bertz CT molecular complexity index is 1200. The second-order valence-corrected chi connectivity index (χ2v) is 7.35. The largest absolute Gasteiger partial charge is 0.422 e. The lowest BCUT2D eigenvalue weighted by molar-refractivity contribution is -0.688. The summed E-state index contributed by atoms with van der Waals surface area (Å²) in [5.74, 6) is 0. The van der Waals surface area contributed by atoms with Crippen LogP contribution in [0.1, 0.15) is 5.56 Å². The van der Waals surface area contributed by atoms with Crippen LogP contribution in [0.25, 0.3) is 22.1 Å². The smallest absolute Gasteiger partial charge is 0.344 e. The van der Waals surface area contributed by atoms with Crippen LogP contribution < -0.4 is 15.1 Å². The molecule has 0 unspecified atom stereocenters. The minimum absolute atomic E-state index is 0.0286. The summed E-state index contributed by atoms with van der Waals surface area (Å²) in [6.45, 7) is 1.48. The molecule has 6 nitrogen and oxygen atoms in total. The molecular weight excluding hydrogens is 392 g/mol. The monoisotopic (exact) mass is 417 g/mol. The van der Waals surface area contributed by atoms with Crippen molar-refractivity contribution in [1.82, 2.24) is 0 Å². The third kappa shape index (κ3) is 4.82. The Morgan fingerprint density at radius 1 is 0.871 bits per heavy atom. The maximum absolute atomic E-state index is 12.7. The van der Waals surface area contributed by atoms with Crippen molar-refractivity contribution in [2.75, 3.05) is 31.2 Å². The molecule has 0 saturated heterocycles. The Kier molecular flexibility index (Phi) is 6.40. The van der Waals surface area contributed by atoms with Crippen LogP contribution in [-0.4, -0.2) is 36.5 Å². The zero-order valence-corrected chi connectivity index (χ0v) is 17.1. The van der Waals surface area contributed by atoms with E-state index >= 15 is 0 Å². The number of nitrogens with zero attached hydrogens (tertiary/aromatic N) is 2. The number of benzene rings is 2. The predicted molar refractivity (Wildman–Crippen MR) is 120 cm³/mol. The summed E-state index contributed by atoms with van der Waals surface area (Å²) < 4.78 is 7.67. The van der Waals surface area contributed by atoms with Gasteiger partial charge in [-0.15, -0.1) is 0 Å². The first-order chi connectivity index (χ1) is 15.2. The highest BCUT2D eigenvalue weighted by Gasteiger charge is 2.12. The summed E-state index contributed by atoms with van der Waals surface area (Å²) in [6.07, 6.45) is 3.91. The van der Waals surface area contributed by atoms with Gasteiger partial charge in [0.1, 0.15) is 5.58 Å². The van der Waals surface area contributed by atoms with Gasteiger partial charge in [-0.25, -0.2) is 9.36 Å². The van der Waals surface area contributed by atoms with E-state index in [1.807, 2.05) is 65.8 Å². The van der Waals surface area contributed by atoms with Crippen LogP contribution in [0.3, 0.4) is 0 Å². The summed E-state index contributed by atoms with van der Waals surface area (Å²) >= 11 is 0. The Balaban J connectivity index is 1.61. The molecule has 0 saturated carbocycles. The van der Waals surface area contributed by atoms with Gasteiger partial charge < -0.3 is 19.5 Å². The van der Waals surface area contributed by atoms with Gasteiger partial charge in [-0.1, -0.05) is 30.3 Å². The summed E-state index contributed by atoms with van der Waals surface area (Å²) in [5.41, 5.74) is 3.37. The molecule has 0 radical (unpaired) electrons. The van der Waals surface area contributed by atoms with Crippen LogP contribution in [0, 0.1) is 0 Å². The van der Waals surface area contributed by atoms with Crippen molar-refractivity contribution in [3.05, 3.63) is 95.1 Å². The van der Waals surface area contributed by atoms with Gasteiger partial charge >= 0.3 is 5.63 Å². The molecule has 0 aliphatic carbocycles. The van der Waals surface area contributed by atoms with Gasteiger partial charge in [0.15, 0.2) is 18.9 Å². The third-order valence-corrected chi connectivity index (χ3v) is 5.23. The first kappa shape index (κ1) is 20.8. The molecule has 4 aromatic rings. The van der Waals surface area contributed by atoms with Gasteiger partial charge in [-0.2, -0.15) is 0 Å². The highest BCUT2D eigenvalue weighted by molar-refractivity contribution is 5.84. The maximum atomic E-state index is 12.7. The zero-order chi connectivity index (χ0) is 21.6. The zero-order valence-electron chi connectivity index (χ0n) is 17.1. The number of aliphatic hydroxyl groups excluding tert-OH is 2. The summed E-state index contributed by atoms with van der Waals surface area (Å²) in [5, 5.41) is 19.3. The van der Waals surface area contributed by atoms with Crippen LogP contribution in [0.2, 0.25) is 0 Å². The summed E-state index contributed by atoms with van der Waals surface area (Å²) in [4.78, 5) is 14.5. The number of rotatable bonds is 8. The SMILES string of the molecule is O=c1oc2cc(N(CCO)CCO)ccc2cc1-c1cc[n+](Cc2ccccc2)cc1. The van der Waals surface area contributed by atoms with Gasteiger partial charge in [-0.3, -0.25) is 0 Å². The van der Waals surface area contributed by atoms with Gasteiger partial charge in [0.05, 0.1) is 18.8 Å². The Morgan fingerprint density at radius 3 is 2.26 bits per heavy atom. The van der Waals surface area contributed by atoms with Crippen molar-refractivity contribution >= 4 is 16.7 Å². The molecule has 6 heteroatoms. The maximum Gasteiger partial charge on any atom is 0.344 e. The second kappa shape index (κ2) is 9.55. The van der Waals surface area contributed by atoms with E-state index in [0.717, 1.165) is 23.2 Å². The Labute approximate surface area is 180 Å². The normalized spacial score (nSPS) is 11.0. The van der Waals surface area contributed by atoms with Crippen molar-refractivity contribution in [3.8, 4) is 11.1 Å². The van der Waals surface area contributed by atoms with E-state index in [9.17, 15) is 15.0 Å². The third-order valence-electron chi connectivity index (χ3n) is 5.23. The second-order valence-electron chi connectivity index (χ2n) is 7.35. The predicted octanol–water partition coefficient (Wildman–Crippen LogP) is 2.59. The minimum Gasteiger partial charge on any atom is -0.422 e. The molecule has 31 heavy (non-hydrogen) atoms. The lowest BCUT2D eigenvalue weighted by atomic mass is 10.1. The van der Waals surface area contributed by atoms with Crippen molar-refractivity contribution in [2.24, 2.45) is 0 Å². The quantitative estimate of drug-likeness (QED) is 0.340. The van der Waals surface area contributed by atoms with Crippen molar-refractivity contribution in [3.63, 3.8) is 0 Å². The molecule has 2 heterocycles. The molecular formula is C25H25N2O4+. The molecule has 0 amide bonds. The van der Waals surface area contributed by atoms with E-state index < -0.39 is 5.63 Å². The number of hydrogen-bond acceptors (Lipinski definition) is 5. The van der Waals surface area contributed by atoms with E-state index in [1.54, 1.807) is 6.07 Å². The van der Waals surface area contributed by atoms with Crippen LogP contribution in [0.4, 0.5) is 5.69 Å². The molecule has 0 aliphatic rings. The molecule has 2 aromatic heterocycles. The minimum atomic E-state index is -0.402. The fourth-order valence-corrected chi connectivity index (χ4v) is 3.65. The standard InChI is InChI=1S/C25H25N2O4/c28-14-12-27(13-15-29)22-7-6-21-16-23(25(30)31-24(21)17-22)20-8-10-26(11-9-20)18-19-4-2-1-3-5-19/h1-11,16-17,28-29H,12-15,18H2/q+1. The molecule has 0 aliphatic heterocycles. The fraction of sp³-hybridized carbons (Fsp3) is 0.200. The van der Waals surface area contributed by atoms with E-state index in [-0.39, 0.29) is 13.2 Å². The van der Waals surface area contributed by atoms with Gasteiger partial charge in [0.2, 0.25) is 0 Å². The molecule has 2 aromatic carbocycles. The first-order valence-corrected chi connectivity index (χ1v) is 10.3. The van der Waals surface area contributed by atoms with Crippen LogP contribution in [-0.2, 0) is 6.54 Å². The van der Waals surface area contributed by atoms with Crippen molar-refractivity contribution < 1.29 is 19.2 Å². The van der Waals surface area contributed by atoms with Gasteiger partial charge in [-0.05, 0) is 18.2 Å². The Hall–Kier alpha value is -3.48. The number of anilines is 1. The van der Waals surface area contributed by atoms with E-state index in [4.69, 9.17) is 4.42 Å². The van der Waals surface area contributed by atoms with Crippen LogP contribution >= 0.6 is 0 Å². The lowest BCUT2D eigenvalue weighted by Crippen LogP contribution is -2.33. The van der Waals surface area contributed by atoms with Crippen molar-refractivity contribution in [1.29, 1.82) is 0 Å². The van der Waals surface area contributed by atoms with E-state index in [0.29, 0.717) is 24.2 Å². The van der Waals surface area contributed by atoms with E-state index in [1.165, 1.54) is 5.56 Å². The highest BCUT2D eigenvalue weighted by atomic mass is 16.4. The summed E-state index contributed by atoms with van der Waals surface area (Å²) in [7, 11) is 0. The molecule has 0 atom stereocenters. The number of pyridine rings is 1. The average Bonchev–Trinajstić information content (AvgIpc) is 2.79. The molecule has 4 rings (SSSR count). The fourth-order valence-electron chi connectivity index (χ4n) is 3.65. The lowest BCUT2D eigenvalue weighted by Gasteiger charge is -2.23. The first-order valence-electron chi connectivity index (χ1n) is 10.3. The average molecular weight is 417 g/mol. The van der Waals surface area contributed by atoms with Crippen LogP contribution in [0.15, 0.2) is 88.3 Å². The summed E-state index contributed by atoms with van der Waals surface area (Å²) in [6, 6.07) is 21.4.